The van der Waals surface area contributed by atoms with Gasteiger partial charge < -0.3 is 9.84 Å². The fourth-order valence-corrected chi connectivity index (χ4v) is 3.02. The molecule has 3 heteroatoms. The molecular formula is C21H16O3. The van der Waals surface area contributed by atoms with E-state index in [1.54, 1.807) is 6.07 Å². The second kappa shape index (κ2) is 5.85. The van der Waals surface area contributed by atoms with Gasteiger partial charge in [-0.1, -0.05) is 54.6 Å². The predicted octanol–water partition coefficient (Wildman–Crippen LogP) is 4.77. The number of phenolic OH excluding ortho intramolecular Hbond substituents is 1. The van der Waals surface area contributed by atoms with E-state index in [-0.39, 0.29) is 17.6 Å². The molecule has 1 atom stereocenters. The summed E-state index contributed by atoms with van der Waals surface area (Å²) in [5.74, 6) is 0.582. The van der Waals surface area contributed by atoms with Crippen LogP contribution in [-0.2, 0) is 0 Å². The number of rotatable bonds is 2. The smallest absolute Gasteiger partial charge is 0.170 e. The van der Waals surface area contributed by atoms with Crippen molar-refractivity contribution >= 4 is 5.78 Å². The number of ether oxygens (including phenoxy) is 1. The maximum absolute atomic E-state index is 12.3. The number of carbonyl (C=O) groups excluding carboxylic acids is 1. The topological polar surface area (TPSA) is 46.5 Å². The van der Waals surface area contributed by atoms with Crippen molar-refractivity contribution in [3.63, 3.8) is 0 Å². The normalized spacial score (nSPS) is 16.3. The quantitative estimate of drug-likeness (QED) is 0.741. The lowest BCUT2D eigenvalue weighted by Gasteiger charge is -2.25. The molecule has 0 aromatic heterocycles. The molecule has 0 amide bonds. The van der Waals surface area contributed by atoms with Crippen molar-refractivity contribution in [1.29, 1.82) is 0 Å². The molecule has 3 aromatic rings. The first-order valence-electron chi connectivity index (χ1n) is 7.89. The molecule has 0 spiro atoms. The number of aromatic hydroxyl groups is 1. The molecule has 1 N–H and O–H groups in total. The minimum Gasteiger partial charge on any atom is -0.508 e. The lowest BCUT2D eigenvalue weighted by Crippen LogP contribution is -2.20. The second-order valence-electron chi connectivity index (χ2n) is 5.90. The Labute approximate surface area is 140 Å². The molecule has 0 bridgehead atoms. The van der Waals surface area contributed by atoms with Crippen LogP contribution in [0.2, 0.25) is 0 Å². The Hall–Kier alpha value is -3.07. The van der Waals surface area contributed by atoms with Crippen molar-refractivity contribution in [1.82, 2.24) is 0 Å². The van der Waals surface area contributed by atoms with Gasteiger partial charge >= 0.3 is 0 Å². The number of Topliss-reactive ketones (excluding diaryl/α,β-unsaturated/α-hetero) is 1. The minimum absolute atomic E-state index is 0.0355. The lowest BCUT2D eigenvalue weighted by molar-refractivity contribution is 0.0849. The van der Waals surface area contributed by atoms with Gasteiger partial charge in [0.1, 0.15) is 17.6 Å². The molecule has 4 rings (SSSR count). The van der Waals surface area contributed by atoms with Crippen LogP contribution in [0.1, 0.15) is 28.4 Å². The zero-order valence-corrected chi connectivity index (χ0v) is 13.0. The van der Waals surface area contributed by atoms with Gasteiger partial charge in [-0.05, 0) is 28.8 Å². The van der Waals surface area contributed by atoms with Crippen LogP contribution in [0.3, 0.4) is 0 Å². The van der Waals surface area contributed by atoms with Crippen LogP contribution in [0.5, 0.6) is 11.5 Å². The molecule has 0 aliphatic carbocycles. The molecule has 0 radical (unpaired) electrons. The van der Waals surface area contributed by atoms with E-state index >= 15 is 0 Å². The first-order valence-corrected chi connectivity index (χ1v) is 7.89. The zero-order valence-electron chi connectivity index (χ0n) is 13.0. The first-order chi connectivity index (χ1) is 11.7. The van der Waals surface area contributed by atoms with Gasteiger partial charge in [0.05, 0.1) is 12.0 Å². The summed E-state index contributed by atoms with van der Waals surface area (Å²) >= 11 is 0. The third-order valence-electron chi connectivity index (χ3n) is 4.30. The van der Waals surface area contributed by atoms with E-state index in [0.717, 1.165) is 16.7 Å². The number of carbonyl (C=O) groups is 1. The highest BCUT2D eigenvalue weighted by Crippen LogP contribution is 2.37. The summed E-state index contributed by atoms with van der Waals surface area (Å²) in [6.07, 6.45) is -0.0146. The molecule has 24 heavy (non-hydrogen) atoms. The van der Waals surface area contributed by atoms with E-state index in [4.69, 9.17) is 4.74 Å². The summed E-state index contributed by atoms with van der Waals surface area (Å²) < 4.78 is 5.93. The Bertz CT molecular complexity index is 883. The summed E-state index contributed by atoms with van der Waals surface area (Å²) in [5, 5.41) is 9.60. The fourth-order valence-electron chi connectivity index (χ4n) is 3.02. The van der Waals surface area contributed by atoms with Gasteiger partial charge in [0.25, 0.3) is 0 Å². The number of hydrogen-bond acceptors (Lipinski definition) is 3. The maximum atomic E-state index is 12.3. The Kier molecular flexibility index (Phi) is 3.54. The largest absolute Gasteiger partial charge is 0.508 e. The highest BCUT2D eigenvalue weighted by Gasteiger charge is 2.27. The Morgan fingerprint density at radius 2 is 1.58 bits per heavy atom. The SMILES string of the molecule is O=C1CC(c2ccc(-c3ccccc3)cc2)Oc2cc(O)ccc21. The third kappa shape index (κ3) is 2.65. The molecular weight excluding hydrogens is 300 g/mol. The van der Waals surface area contributed by atoms with Crippen LogP contribution >= 0.6 is 0 Å². The van der Waals surface area contributed by atoms with Gasteiger partial charge in [0, 0.05) is 6.07 Å². The van der Waals surface area contributed by atoms with Crippen molar-refractivity contribution in [2.45, 2.75) is 12.5 Å². The predicted molar refractivity (Wildman–Crippen MR) is 92.3 cm³/mol. The van der Waals surface area contributed by atoms with Crippen LogP contribution in [0.15, 0.2) is 72.8 Å². The van der Waals surface area contributed by atoms with Gasteiger partial charge in [-0.3, -0.25) is 4.79 Å². The van der Waals surface area contributed by atoms with Crippen LogP contribution in [0.25, 0.3) is 11.1 Å². The maximum Gasteiger partial charge on any atom is 0.170 e. The van der Waals surface area contributed by atoms with Crippen molar-refractivity contribution in [2.75, 3.05) is 0 Å². The van der Waals surface area contributed by atoms with Crippen molar-refractivity contribution < 1.29 is 14.6 Å². The van der Waals surface area contributed by atoms with E-state index in [2.05, 4.69) is 12.1 Å². The number of phenols is 1. The molecule has 3 nitrogen and oxygen atoms in total. The number of hydrogen-bond donors (Lipinski definition) is 1. The molecule has 1 heterocycles. The van der Waals surface area contributed by atoms with Crippen LogP contribution in [0, 0.1) is 0 Å². The zero-order chi connectivity index (χ0) is 16.5. The Morgan fingerprint density at radius 1 is 0.875 bits per heavy atom. The van der Waals surface area contributed by atoms with E-state index in [0.29, 0.717) is 17.7 Å². The van der Waals surface area contributed by atoms with Gasteiger partial charge in [-0.15, -0.1) is 0 Å². The van der Waals surface area contributed by atoms with Gasteiger partial charge in [0.15, 0.2) is 5.78 Å². The average molecular weight is 316 g/mol. The number of ketones is 1. The van der Waals surface area contributed by atoms with E-state index in [9.17, 15) is 9.90 Å². The van der Waals surface area contributed by atoms with Crippen molar-refractivity contribution in [3.05, 3.63) is 83.9 Å². The molecule has 1 aliphatic rings. The third-order valence-corrected chi connectivity index (χ3v) is 4.30. The highest BCUT2D eigenvalue weighted by atomic mass is 16.5. The van der Waals surface area contributed by atoms with E-state index in [1.165, 1.54) is 12.1 Å². The summed E-state index contributed by atoms with van der Waals surface area (Å²) in [6.45, 7) is 0. The van der Waals surface area contributed by atoms with Gasteiger partial charge in [0.2, 0.25) is 0 Å². The van der Waals surface area contributed by atoms with E-state index in [1.807, 2.05) is 42.5 Å². The Balaban J connectivity index is 1.62. The molecule has 118 valence electrons. The highest BCUT2D eigenvalue weighted by molar-refractivity contribution is 6.00. The molecule has 1 unspecified atom stereocenters. The molecule has 0 saturated heterocycles. The second-order valence-corrected chi connectivity index (χ2v) is 5.90. The van der Waals surface area contributed by atoms with Gasteiger partial charge in [-0.2, -0.15) is 0 Å². The number of fused-ring (bicyclic) bond motifs is 1. The molecule has 0 fully saturated rings. The number of benzene rings is 3. The monoisotopic (exact) mass is 316 g/mol. The van der Waals surface area contributed by atoms with Crippen molar-refractivity contribution in [2.24, 2.45) is 0 Å². The van der Waals surface area contributed by atoms with Gasteiger partial charge in [-0.25, -0.2) is 0 Å². The Morgan fingerprint density at radius 3 is 2.33 bits per heavy atom. The molecule has 3 aromatic carbocycles. The van der Waals surface area contributed by atoms with Crippen LogP contribution in [0.4, 0.5) is 0 Å². The fraction of sp³-hybridized carbons (Fsp3) is 0.0952. The standard InChI is InChI=1S/C21H16O3/c22-17-10-11-18-19(23)13-20(24-21(18)12-17)16-8-6-15(7-9-16)14-4-2-1-3-5-14/h1-12,20,22H,13H2. The molecule has 0 saturated carbocycles. The molecule has 1 aliphatic heterocycles. The summed E-state index contributed by atoms with van der Waals surface area (Å²) in [5.41, 5.74) is 3.77. The summed E-state index contributed by atoms with van der Waals surface area (Å²) in [6, 6.07) is 22.8. The van der Waals surface area contributed by atoms with Crippen LogP contribution < -0.4 is 4.74 Å². The first kappa shape index (κ1) is 14.5. The summed E-state index contributed by atoms with van der Waals surface area (Å²) in [7, 11) is 0. The summed E-state index contributed by atoms with van der Waals surface area (Å²) in [4.78, 5) is 12.3. The van der Waals surface area contributed by atoms with Crippen LogP contribution in [-0.4, -0.2) is 10.9 Å². The lowest BCUT2D eigenvalue weighted by atomic mass is 9.95. The average Bonchev–Trinajstić information content (AvgIpc) is 2.62. The minimum atomic E-state index is -0.323. The van der Waals surface area contributed by atoms with E-state index < -0.39 is 0 Å². The van der Waals surface area contributed by atoms with Crippen molar-refractivity contribution in [3.8, 4) is 22.6 Å².